The molecule has 6 heteroatoms. The highest BCUT2D eigenvalue weighted by Crippen LogP contribution is 2.17. The maximum atomic E-state index is 5.74. The largest absolute Gasteiger partial charge is 0.399 e. The molecule has 3 aromatic rings. The second kappa shape index (κ2) is 4.31. The van der Waals surface area contributed by atoms with Crippen LogP contribution in [0.3, 0.4) is 0 Å². The SMILES string of the molecule is Cc1c(CNc2nc3ccc(N)cc3[nH]2)cnn1C. The highest BCUT2D eigenvalue weighted by atomic mass is 15.3. The first-order chi connectivity index (χ1) is 9.13. The molecule has 98 valence electrons. The molecular formula is C13H16N6. The van der Waals surface area contributed by atoms with Crippen LogP contribution in [0.4, 0.5) is 11.6 Å². The Balaban J connectivity index is 1.80. The van der Waals surface area contributed by atoms with Crippen LogP contribution in [0.15, 0.2) is 24.4 Å². The lowest BCUT2D eigenvalue weighted by Gasteiger charge is -2.02. The second-order valence-corrected chi connectivity index (χ2v) is 4.59. The van der Waals surface area contributed by atoms with Gasteiger partial charge in [-0.1, -0.05) is 0 Å². The van der Waals surface area contributed by atoms with Gasteiger partial charge < -0.3 is 16.0 Å². The van der Waals surface area contributed by atoms with Crippen molar-refractivity contribution in [3.8, 4) is 0 Å². The van der Waals surface area contributed by atoms with E-state index in [9.17, 15) is 0 Å². The maximum Gasteiger partial charge on any atom is 0.201 e. The zero-order valence-electron chi connectivity index (χ0n) is 10.9. The van der Waals surface area contributed by atoms with Crippen molar-refractivity contribution >= 4 is 22.7 Å². The summed E-state index contributed by atoms with van der Waals surface area (Å²) in [5, 5.41) is 7.48. The topological polar surface area (TPSA) is 84.5 Å². The molecule has 0 unspecified atom stereocenters. The number of rotatable bonds is 3. The number of H-pyrrole nitrogens is 1. The summed E-state index contributed by atoms with van der Waals surface area (Å²) in [5.74, 6) is 0.740. The van der Waals surface area contributed by atoms with Crippen LogP contribution in [0, 0.1) is 6.92 Å². The average molecular weight is 256 g/mol. The quantitative estimate of drug-likeness (QED) is 0.624. The van der Waals surface area contributed by atoms with Gasteiger partial charge in [0.25, 0.3) is 0 Å². The average Bonchev–Trinajstić information content (AvgIpc) is 2.92. The van der Waals surface area contributed by atoms with Crippen LogP contribution in [0.1, 0.15) is 11.3 Å². The lowest BCUT2D eigenvalue weighted by molar-refractivity contribution is 0.738. The zero-order valence-corrected chi connectivity index (χ0v) is 10.9. The molecule has 0 amide bonds. The minimum atomic E-state index is 0.689. The van der Waals surface area contributed by atoms with Gasteiger partial charge in [-0.3, -0.25) is 4.68 Å². The molecule has 0 spiro atoms. The number of aromatic amines is 1. The number of benzene rings is 1. The summed E-state index contributed by atoms with van der Waals surface area (Å²) >= 11 is 0. The van der Waals surface area contributed by atoms with Gasteiger partial charge in [0.2, 0.25) is 5.95 Å². The Bertz CT molecular complexity index is 724. The normalized spacial score (nSPS) is 11.1. The van der Waals surface area contributed by atoms with Crippen molar-refractivity contribution in [2.24, 2.45) is 7.05 Å². The molecule has 0 atom stereocenters. The second-order valence-electron chi connectivity index (χ2n) is 4.59. The van der Waals surface area contributed by atoms with Gasteiger partial charge in [0.1, 0.15) is 0 Å². The smallest absolute Gasteiger partial charge is 0.201 e. The number of anilines is 2. The molecule has 2 heterocycles. The summed E-state index contributed by atoms with van der Waals surface area (Å²) in [6.07, 6.45) is 1.86. The molecule has 0 saturated heterocycles. The van der Waals surface area contributed by atoms with E-state index in [0.29, 0.717) is 6.54 Å². The van der Waals surface area contributed by atoms with Crippen molar-refractivity contribution in [1.82, 2.24) is 19.7 Å². The first-order valence-electron chi connectivity index (χ1n) is 6.10. The van der Waals surface area contributed by atoms with Gasteiger partial charge in [-0.25, -0.2) is 4.98 Å². The van der Waals surface area contributed by atoms with E-state index in [2.05, 4.69) is 20.4 Å². The van der Waals surface area contributed by atoms with Crippen LogP contribution in [-0.4, -0.2) is 19.7 Å². The van der Waals surface area contributed by atoms with E-state index in [4.69, 9.17) is 5.73 Å². The summed E-state index contributed by atoms with van der Waals surface area (Å²) in [4.78, 5) is 7.66. The van der Waals surface area contributed by atoms with E-state index in [-0.39, 0.29) is 0 Å². The van der Waals surface area contributed by atoms with Gasteiger partial charge in [0.15, 0.2) is 0 Å². The van der Waals surface area contributed by atoms with Crippen LogP contribution < -0.4 is 11.1 Å². The number of hydrogen-bond acceptors (Lipinski definition) is 4. The van der Waals surface area contributed by atoms with Gasteiger partial charge >= 0.3 is 0 Å². The van der Waals surface area contributed by atoms with Gasteiger partial charge in [-0.15, -0.1) is 0 Å². The molecule has 0 aliphatic carbocycles. The molecule has 0 radical (unpaired) electrons. The first-order valence-corrected chi connectivity index (χ1v) is 6.10. The molecule has 2 aromatic heterocycles. The molecule has 0 aliphatic heterocycles. The fraction of sp³-hybridized carbons (Fsp3) is 0.231. The fourth-order valence-corrected chi connectivity index (χ4v) is 2.01. The maximum absolute atomic E-state index is 5.74. The van der Waals surface area contributed by atoms with Gasteiger partial charge in [-0.05, 0) is 25.1 Å². The number of nitrogens with two attached hydrogens (primary N) is 1. The molecule has 1 aromatic carbocycles. The third-order valence-corrected chi connectivity index (χ3v) is 3.29. The molecule has 0 saturated carbocycles. The van der Waals surface area contributed by atoms with Crippen LogP contribution in [-0.2, 0) is 13.6 Å². The number of nitrogen functional groups attached to an aromatic ring is 1. The Hall–Kier alpha value is -2.50. The zero-order chi connectivity index (χ0) is 13.4. The van der Waals surface area contributed by atoms with Crippen molar-refractivity contribution in [3.05, 3.63) is 35.7 Å². The number of imidazole rings is 1. The number of hydrogen-bond donors (Lipinski definition) is 3. The Kier molecular flexibility index (Phi) is 2.63. The van der Waals surface area contributed by atoms with Gasteiger partial charge in [-0.2, -0.15) is 5.10 Å². The van der Waals surface area contributed by atoms with Crippen LogP contribution in [0.25, 0.3) is 11.0 Å². The lowest BCUT2D eigenvalue weighted by atomic mass is 10.2. The molecule has 3 rings (SSSR count). The van der Waals surface area contributed by atoms with Crippen molar-refractivity contribution in [3.63, 3.8) is 0 Å². The predicted molar refractivity (Wildman–Crippen MR) is 75.8 cm³/mol. The van der Waals surface area contributed by atoms with E-state index in [0.717, 1.165) is 33.9 Å². The Morgan fingerprint density at radius 3 is 3.00 bits per heavy atom. The molecule has 19 heavy (non-hydrogen) atoms. The van der Waals surface area contributed by atoms with E-state index < -0.39 is 0 Å². The standard InChI is InChI=1S/C13H16N6/c1-8-9(7-16-19(8)2)6-15-13-17-11-4-3-10(14)5-12(11)18-13/h3-5,7H,6,14H2,1-2H3,(H2,15,17,18). The highest BCUT2D eigenvalue weighted by Gasteiger charge is 2.06. The molecule has 0 fully saturated rings. The van der Waals surface area contributed by atoms with Crippen molar-refractivity contribution in [2.75, 3.05) is 11.1 Å². The Labute approximate surface area is 110 Å². The third-order valence-electron chi connectivity index (χ3n) is 3.29. The third kappa shape index (κ3) is 2.12. The van der Waals surface area contributed by atoms with E-state index in [1.165, 1.54) is 0 Å². The lowest BCUT2D eigenvalue weighted by Crippen LogP contribution is -2.02. The minimum absolute atomic E-state index is 0.689. The summed E-state index contributed by atoms with van der Waals surface area (Å²) < 4.78 is 1.86. The van der Waals surface area contributed by atoms with Crippen molar-refractivity contribution < 1.29 is 0 Å². The van der Waals surface area contributed by atoms with E-state index >= 15 is 0 Å². The number of fused-ring (bicyclic) bond motifs is 1. The predicted octanol–water partition coefficient (Wildman–Crippen LogP) is 1.80. The Morgan fingerprint density at radius 2 is 2.26 bits per heavy atom. The molecule has 4 N–H and O–H groups in total. The van der Waals surface area contributed by atoms with Crippen molar-refractivity contribution in [2.45, 2.75) is 13.5 Å². The van der Waals surface area contributed by atoms with E-state index in [1.807, 2.05) is 43.0 Å². The summed E-state index contributed by atoms with van der Waals surface area (Å²) in [7, 11) is 1.93. The highest BCUT2D eigenvalue weighted by molar-refractivity contribution is 5.80. The van der Waals surface area contributed by atoms with Gasteiger partial charge in [0.05, 0.1) is 17.2 Å². The Morgan fingerprint density at radius 1 is 1.42 bits per heavy atom. The minimum Gasteiger partial charge on any atom is -0.399 e. The number of nitrogens with one attached hydrogen (secondary N) is 2. The molecule has 6 nitrogen and oxygen atoms in total. The summed E-state index contributed by atoms with van der Waals surface area (Å²) in [6.45, 7) is 2.73. The first kappa shape index (κ1) is 11.6. The monoisotopic (exact) mass is 256 g/mol. The van der Waals surface area contributed by atoms with Crippen LogP contribution in [0.5, 0.6) is 0 Å². The van der Waals surface area contributed by atoms with Crippen LogP contribution >= 0.6 is 0 Å². The number of aryl methyl sites for hydroxylation is 1. The number of aromatic nitrogens is 4. The summed E-state index contributed by atoms with van der Waals surface area (Å²) in [6, 6.07) is 5.63. The van der Waals surface area contributed by atoms with Crippen molar-refractivity contribution in [1.29, 1.82) is 0 Å². The molecule has 0 aliphatic rings. The molecular weight excluding hydrogens is 240 g/mol. The molecule has 0 bridgehead atoms. The van der Waals surface area contributed by atoms with Crippen LogP contribution in [0.2, 0.25) is 0 Å². The fourth-order valence-electron chi connectivity index (χ4n) is 2.01. The summed E-state index contributed by atoms with van der Waals surface area (Å²) in [5.41, 5.74) is 10.6. The van der Waals surface area contributed by atoms with E-state index in [1.54, 1.807) is 0 Å². The number of nitrogens with zero attached hydrogens (tertiary/aromatic N) is 3. The van der Waals surface area contributed by atoms with Gasteiger partial charge in [0, 0.05) is 30.5 Å².